The molecule has 1 aromatic heterocycles. The van der Waals surface area contributed by atoms with Crippen molar-refractivity contribution in [1.82, 2.24) is 5.16 Å². The van der Waals surface area contributed by atoms with Crippen molar-refractivity contribution in [3.63, 3.8) is 0 Å². The molecule has 1 aromatic carbocycles. The Morgan fingerprint density at radius 1 is 1.38 bits per heavy atom. The first-order valence-electron chi connectivity index (χ1n) is 5.07. The summed E-state index contributed by atoms with van der Waals surface area (Å²) >= 11 is 0. The highest BCUT2D eigenvalue weighted by molar-refractivity contribution is 5.38. The molecule has 2 rings (SSSR count). The van der Waals surface area contributed by atoms with Crippen LogP contribution in [0.3, 0.4) is 0 Å². The molecule has 0 unspecified atom stereocenters. The molecule has 0 atom stereocenters. The maximum Gasteiger partial charge on any atom is 0.169 e. The van der Waals surface area contributed by atoms with Gasteiger partial charge in [0, 0.05) is 12.6 Å². The second-order valence-electron chi connectivity index (χ2n) is 3.53. The van der Waals surface area contributed by atoms with Gasteiger partial charge in [-0.1, -0.05) is 11.2 Å². The molecule has 0 saturated carbocycles. The van der Waals surface area contributed by atoms with Crippen molar-refractivity contribution in [3.05, 3.63) is 41.7 Å². The van der Waals surface area contributed by atoms with Crippen LogP contribution in [0.2, 0.25) is 0 Å². The molecule has 0 aliphatic carbocycles. The number of nitrogens with one attached hydrogen (secondary N) is 1. The second kappa shape index (κ2) is 4.70. The molecule has 1 N–H and O–H groups in total. The topological polar surface area (TPSA) is 47.3 Å². The SMILES string of the molecule is COc1ccc(CNc2ccon2)c(C)c1. The Bertz CT molecular complexity index is 452. The van der Waals surface area contributed by atoms with E-state index in [9.17, 15) is 0 Å². The highest BCUT2D eigenvalue weighted by Crippen LogP contribution is 2.17. The number of ether oxygens (including phenoxy) is 1. The summed E-state index contributed by atoms with van der Waals surface area (Å²) < 4.78 is 9.89. The first kappa shape index (κ1) is 10.5. The van der Waals surface area contributed by atoms with Gasteiger partial charge < -0.3 is 14.6 Å². The van der Waals surface area contributed by atoms with Gasteiger partial charge in [-0.15, -0.1) is 0 Å². The fourth-order valence-corrected chi connectivity index (χ4v) is 1.48. The Morgan fingerprint density at radius 3 is 2.88 bits per heavy atom. The summed E-state index contributed by atoms with van der Waals surface area (Å²) in [4.78, 5) is 0. The van der Waals surface area contributed by atoms with Gasteiger partial charge in [-0.2, -0.15) is 0 Å². The normalized spacial score (nSPS) is 10.1. The smallest absolute Gasteiger partial charge is 0.169 e. The lowest BCUT2D eigenvalue weighted by molar-refractivity contribution is 0.414. The van der Waals surface area contributed by atoms with Crippen molar-refractivity contribution in [3.8, 4) is 5.75 Å². The van der Waals surface area contributed by atoms with Gasteiger partial charge in [0.1, 0.15) is 12.0 Å². The van der Waals surface area contributed by atoms with E-state index >= 15 is 0 Å². The van der Waals surface area contributed by atoms with E-state index in [2.05, 4.69) is 17.4 Å². The lowest BCUT2D eigenvalue weighted by atomic mass is 10.1. The number of benzene rings is 1. The molecular weight excluding hydrogens is 204 g/mol. The molecular formula is C12H14N2O2. The van der Waals surface area contributed by atoms with Gasteiger partial charge in [0.25, 0.3) is 0 Å². The average Bonchev–Trinajstić information content (AvgIpc) is 2.80. The number of hydrogen-bond donors (Lipinski definition) is 1. The summed E-state index contributed by atoms with van der Waals surface area (Å²) in [7, 11) is 1.67. The summed E-state index contributed by atoms with van der Waals surface area (Å²) in [6, 6.07) is 7.80. The van der Waals surface area contributed by atoms with Crippen LogP contribution in [0.4, 0.5) is 5.82 Å². The van der Waals surface area contributed by atoms with Gasteiger partial charge in [-0.25, -0.2) is 0 Å². The Kier molecular flexibility index (Phi) is 3.10. The van der Waals surface area contributed by atoms with Crippen molar-refractivity contribution in [1.29, 1.82) is 0 Å². The molecule has 0 amide bonds. The molecule has 4 nitrogen and oxygen atoms in total. The van der Waals surface area contributed by atoms with Crippen LogP contribution in [0.15, 0.2) is 35.1 Å². The van der Waals surface area contributed by atoms with Gasteiger partial charge in [-0.3, -0.25) is 0 Å². The number of aromatic nitrogens is 1. The largest absolute Gasteiger partial charge is 0.497 e. The van der Waals surface area contributed by atoms with Crippen LogP contribution in [-0.4, -0.2) is 12.3 Å². The number of hydrogen-bond acceptors (Lipinski definition) is 4. The minimum Gasteiger partial charge on any atom is -0.497 e. The van der Waals surface area contributed by atoms with Crippen LogP contribution < -0.4 is 10.1 Å². The number of aryl methyl sites for hydroxylation is 1. The van der Waals surface area contributed by atoms with E-state index in [1.807, 2.05) is 18.2 Å². The Labute approximate surface area is 94.2 Å². The number of rotatable bonds is 4. The van der Waals surface area contributed by atoms with Crippen LogP contribution in [0.5, 0.6) is 5.75 Å². The first-order valence-corrected chi connectivity index (χ1v) is 5.07. The standard InChI is InChI=1S/C12H14N2O2/c1-9-7-11(15-2)4-3-10(9)8-13-12-5-6-16-14-12/h3-7H,8H2,1-2H3,(H,13,14). The van der Waals surface area contributed by atoms with Crippen LogP contribution in [0.1, 0.15) is 11.1 Å². The molecule has 16 heavy (non-hydrogen) atoms. The molecule has 4 heteroatoms. The Morgan fingerprint density at radius 2 is 2.25 bits per heavy atom. The van der Waals surface area contributed by atoms with Crippen molar-refractivity contribution >= 4 is 5.82 Å². The summed E-state index contributed by atoms with van der Waals surface area (Å²) in [5.74, 6) is 1.62. The number of anilines is 1. The summed E-state index contributed by atoms with van der Waals surface area (Å²) in [5, 5.41) is 6.96. The molecule has 0 aliphatic heterocycles. The second-order valence-corrected chi connectivity index (χ2v) is 3.53. The van der Waals surface area contributed by atoms with Gasteiger partial charge in [0.15, 0.2) is 5.82 Å². The third-order valence-electron chi connectivity index (χ3n) is 2.45. The Balaban J connectivity index is 2.04. The maximum absolute atomic E-state index is 5.15. The predicted octanol–water partition coefficient (Wildman–Crippen LogP) is 2.60. The minimum absolute atomic E-state index is 0.725. The number of methoxy groups -OCH3 is 1. The monoisotopic (exact) mass is 218 g/mol. The fourth-order valence-electron chi connectivity index (χ4n) is 1.48. The molecule has 0 aliphatic rings. The lowest BCUT2D eigenvalue weighted by Crippen LogP contribution is -2.01. The van der Waals surface area contributed by atoms with E-state index in [1.54, 1.807) is 19.4 Å². The summed E-state index contributed by atoms with van der Waals surface area (Å²) in [6.07, 6.45) is 1.54. The van der Waals surface area contributed by atoms with Crippen molar-refractivity contribution in [2.24, 2.45) is 0 Å². The molecule has 1 heterocycles. The van der Waals surface area contributed by atoms with Gasteiger partial charge in [0.05, 0.1) is 7.11 Å². The van der Waals surface area contributed by atoms with Crippen molar-refractivity contribution < 1.29 is 9.26 Å². The van der Waals surface area contributed by atoms with E-state index < -0.39 is 0 Å². The van der Waals surface area contributed by atoms with Gasteiger partial charge in [0.2, 0.25) is 0 Å². The molecule has 0 saturated heterocycles. The predicted molar refractivity (Wildman–Crippen MR) is 61.6 cm³/mol. The van der Waals surface area contributed by atoms with E-state index in [1.165, 1.54) is 11.1 Å². The molecule has 0 bridgehead atoms. The lowest BCUT2D eigenvalue weighted by Gasteiger charge is -2.08. The molecule has 2 aromatic rings. The molecule has 0 spiro atoms. The van der Waals surface area contributed by atoms with E-state index in [0.29, 0.717) is 0 Å². The van der Waals surface area contributed by atoms with Crippen molar-refractivity contribution in [2.75, 3.05) is 12.4 Å². The zero-order valence-electron chi connectivity index (χ0n) is 9.36. The van der Waals surface area contributed by atoms with Gasteiger partial charge >= 0.3 is 0 Å². The summed E-state index contributed by atoms with van der Waals surface area (Å²) in [5.41, 5.74) is 2.40. The Hall–Kier alpha value is -1.97. The van der Waals surface area contributed by atoms with Crippen LogP contribution >= 0.6 is 0 Å². The number of nitrogens with zero attached hydrogens (tertiary/aromatic N) is 1. The van der Waals surface area contributed by atoms with E-state index in [-0.39, 0.29) is 0 Å². The fraction of sp³-hybridized carbons (Fsp3) is 0.250. The van der Waals surface area contributed by atoms with Gasteiger partial charge in [-0.05, 0) is 30.2 Å². The first-order chi connectivity index (χ1) is 7.79. The van der Waals surface area contributed by atoms with E-state index in [0.717, 1.165) is 18.1 Å². The van der Waals surface area contributed by atoms with Crippen LogP contribution in [-0.2, 0) is 6.54 Å². The van der Waals surface area contributed by atoms with Crippen molar-refractivity contribution in [2.45, 2.75) is 13.5 Å². The third kappa shape index (κ3) is 2.34. The average molecular weight is 218 g/mol. The maximum atomic E-state index is 5.15. The molecule has 0 fully saturated rings. The zero-order valence-corrected chi connectivity index (χ0v) is 9.36. The van der Waals surface area contributed by atoms with Crippen LogP contribution in [0, 0.1) is 6.92 Å². The quantitative estimate of drug-likeness (QED) is 0.856. The third-order valence-corrected chi connectivity index (χ3v) is 2.45. The van der Waals surface area contributed by atoms with E-state index in [4.69, 9.17) is 9.26 Å². The summed E-state index contributed by atoms with van der Waals surface area (Å²) in [6.45, 7) is 2.78. The molecule has 84 valence electrons. The minimum atomic E-state index is 0.725. The highest BCUT2D eigenvalue weighted by atomic mass is 16.5. The molecule has 0 radical (unpaired) electrons. The zero-order chi connectivity index (χ0) is 11.4. The van der Waals surface area contributed by atoms with Crippen LogP contribution in [0.25, 0.3) is 0 Å². The highest BCUT2D eigenvalue weighted by Gasteiger charge is 2.01.